The van der Waals surface area contributed by atoms with Gasteiger partial charge in [-0.2, -0.15) is 0 Å². The van der Waals surface area contributed by atoms with E-state index in [0.29, 0.717) is 18.1 Å². The Morgan fingerprint density at radius 3 is 1.88 bits per heavy atom. The van der Waals surface area contributed by atoms with E-state index in [0.717, 1.165) is 48.2 Å². The van der Waals surface area contributed by atoms with Crippen LogP contribution in [0, 0.1) is 0 Å². The van der Waals surface area contributed by atoms with Gasteiger partial charge in [0.15, 0.2) is 5.75 Å². The highest BCUT2D eigenvalue weighted by atomic mass is 79.9. The molecular formula is C24H17Br7O2. The number of hydrogen-bond acceptors (Lipinski definition) is 2. The molecule has 0 saturated carbocycles. The van der Waals surface area contributed by atoms with Crippen LogP contribution < -0.4 is 9.47 Å². The van der Waals surface area contributed by atoms with Gasteiger partial charge >= 0.3 is 0 Å². The van der Waals surface area contributed by atoms with E-state index in [1.54, 1.807) is 6.08 Å². The lowest BCUT2D eigenvalue weighted by atomic mass is 9.78. The van der Waals surface area contributed by atoms with E-state index in [9.17, 15) is 0 Å². The second kappa shape index (κ2) is 11.6. The van der Waals surface area contributed by atoms with Gasteiger partial charge in [0.1, 0.15) is 18.1 Å². The Labute approximate surface area is 252 Å². The van der Waals surface area contributed by atoms with Crippen molar-refractivity contribution in [3.05, 3.63) is 91.5 Å². The second-order valence-corrected chi connectivity index (χ2v) is 13.1. The van der Waals surface area contributed by atoms with E-state index in [4.69, 9.17) is 9.47 Å². The van der Waals surface area contributed by atoms with Crippen molar-refractivity contribution < 1.29 is 9.47 Å². The lowest BCUT2D eigenvalue weighted by Gasteiger charge is -2.30. The van der Waals surface area contributed by atoms with Crippen LogP contribution in [0.1, 0.15) is 25.0 Å². The number of halogens is 7. The van der Waals surface area contributed by atoms with Crippen LogP contribution in [0.4, 0.5) is 0 Å². The van der Waals surface area contributed by atoms with Gasteiger partial charge < -0.3 is 9.47 Å². The SMILES string of the molecule is C=CCOc1ccc(C(C)(C)c2c(Br)c(Br)c(Oc3ccc(Br)c(Br)c3Br)c(Br)c2Br)cc1. The minimum atomic E-state index is -0.334. The summed E-state index contributed by atoms with van der Waals surface area (Å²) in [5.74, 6) is 2.13. The number of ether oxygens (including phenoxy) is 2. The molecule has 0 atom stereocenters. The van der Waals surface area contributed by atoms with Crippen LogP contribution in [-0.4, -0.2) is 6.61 Å². The fourth-order valence-corrected chi connectivity index (χ4v) is 7.80. The molecule has 174 valence electrons. The first-order chi connectivity index (χ1) is 15.5. The van der Waals surface area contributed by atoms with Crippen molar-refractivity contribution in [3.8, 4) is 17.2 Å². The van der Waals surface area contributed by atoms with Crippen molar-refractivity contribution in [2.24, 2.45) is 0 Å². The lowest BCUT2D eigenvalue weighted by molar-refractivity contribution is 0.363. The molecule has 3 aromatic rings. The maximum atomic E-state index is 6.32. The van der Waals surface area contributed by atoms with Crippen molar-refractivity contribution in [3.63, 3.8) is 0 Å². The highest BCUT2D eigenvalue weighted by Crippen LogP contribution is 2.53. The van der Waals surface area contributed by atoms with Crippen molar-refractivity contribution in [1.82, 2.24) is 0 Å². The number of benzene rings is 3. The normalized spacial score (nSPS) is 11.4. The first kappa shape index (κ1) is 27.9. The molecule has 0 N–H and O–H groups in total. The first-order valence-corrected chi connectivity index (χ1v) is 15.1. The van der Waals surface area contributed by atoms with Gasteiger partial charge in [0.2, 0.25) is 0 Å². The van der Waals surface area contributed by atoms with Crippen molar-refractivity contribution >= 4 is 112 Å². The second-order valence-electron chi connectivity index (χ2n) is 7.48. The van der Waals surface area contributed by atoms with Crippen LogP contribution in [0.25, 0.3) is 0 Å². The molecule has 0 aliphatic heterocycles. The monoisotopic (exact) mass is 890 g/mol. The van der Waals surface area contributed by atoms with Crippen LogP contribution >= 0.6 is 112 Å². The zero-order valence-corrected chi connectivity index (χ0v) is 28.5. The summed E-state index contributed by atoms with van der Waals surface area (Å²) >= 11 is 25.8. The summed E-state index contributed by atoms with van der Waals surface area (Å²) in [7, 11) is 0. The number of hydrogen-bond donors (Lipinski definition) is 0. The largest absolute Gasteiger partial charge is 0.490 e. The van der Waals surface area contributed by atoms with E-state index in [1.165, 1.54) is 0 Å². The van der Waals surface area contributed by atoms with E-state index >= 15 is 0 Å². The van der Waals surface area contributed by atoms with Crippen LogP contribution in [0.15, 0.2) is 80.4 Å². The minimum Gasteiger partial charge on any atom is -0.490 e. The molecule has 0 unspecified atom stereocenters. The molecule has 0 radical (unpaired) electrons. The highest BCUT2D eigenvalue weighted by molar-refractivity contribution is 9.14. The molecule has 0 aliphatic carbocycles. The molecule has 33 heavy (non-hydrogen) atoms. The van der Waals surface area contributed by atoms with Gasteiger partial charge in [-0.25, -0.2) is 0 Å². The first-order valence-electron chi connectivity index (χ1n) is 9.52. The average molecular weight is 897 g/mol. The smallest absolute Gasteiger partial charge is 0.158 e. The zero-order valence-electron chi connectivity index (χ0n) is 17.4. The molecule has 2 nitrogen and oxygen atoms in total. The van der Waals surface area contributed by atoms with Crippen molar-refractivity contribution in [2.75, 3.05) is 6.61 Å². The predicted molar refractivity (Wildman–Crippen MR) is 161 cm³/mol. The molecule has 0 aromatic heterocycles. The Hall–Kier alpha value is 0.360. The van der Waals surface area contributed by atoms with E-state index in [-0.39, 0.29) is 5.41 Å². The fourth-order valence-electron chi connectivity index (χ4n) is 3.21. The lowest BCUT2D eigenvalue weighted by Crippen LogP contribution is -2.21. The van der Waals surface area contributed by atoms with Gasteiger partial charge in [0.25, 0.3) is 0 Å². The van der Waals surface area contributed by atoms with Gasteiger partial charge in [-0.05, 0) is 147 Å². The topological polar surface area (TPSA) is 18.5 Å². The van der Waals surface area contributed by atoms with Gasteiger partial charge in [-0.15, -0.1) is 0 Å². The minimum absolute atomic E-state index is 0.334. The van der Waals surface area contributed by atoms with Crippen LogP contribution in [-0.2, 0) is 5.41 Å². The van der Waals surface area contributed by atoms with Crippen LogP contribution in [0.5, 0.6) is 17.2 Å². The van der Waals surface area contributed by atoms with Crippen LogP contribution in [0.2, 0.25) is 0 Å². The predicted octanol–water partition coefficient (Wildman–Crippen LogP) is 11.7. The van der Waals surface area contributed by atoms with Crippen LogP contribution in [0.3, 0.4) is 0 Å². The van der Waals surface area contributed by atoms with Crippen molar-refractivity contribution in [1.29, 1.82) is 0 Å². The summed E-state index contributed by atoms with van der Waals surface area (Å²) in [6.45, 7) is 8.53. The Morgan fingerprint density at radius 1 is 0.758 bits per heavy atom. The van der Waals surface area contributed by atoms with Crippen molar-refractivity contribution in [2.45, 2.75) is 19.3 Å². The molecule has 0 amide bonds. The summed E-state index contributed by atoms with van der Waals surface area (Å²) in [6.07, 6.45) is 1.73. The molecule has 3 aromatic carbocycles. The standard InChI is InChI=1S/C24H17Br7O2/c1-4-11-32-13-7-5-12(6-8-13)24(2,3)16-19(28)21(30)23(22(31)20(16)29)33-15-10-9-14(25)17(26)18(15)27/h4-10H,1,11H2,2-3H3. The molecule has 3 rings (SSSR count). The van der Waals surface area contributed by atoms with Gasteiger partial charge in [-0.3, -0.25) is 0 Å². The maximum Gasteiger partial charge on any atom is 0.158 e. The molecule has 0 heterocycles. The summed E-state index contributed by atoms with van der Waals surface area (Å²) in [5, 5.41) is 0. The van der Waals surface area contributed by atoms with Gasteiger partial charge in [0.05, 0.1) is 13.4 Å². The summed E-state index contributed by atoms with van der Waals surface area (Å²) in [5.41, 5.74) is 1.88. The zero-order chi connectivity index (χ0) is 24.5. The van der Waals surface area contributed by atoms with E-state index in [1.807, 2.05) is 24.3 Å². The average Bonchev–Trinajstić information content (AvgIpc) is 2.79. The Balaban J connectivity index is 2.06. The summed E-state index contributed by atoms with van der Waals surface area (Å²) in [4.78, 5) is 0. The van der Waals surface area contributed by atoms with E-state index < -0.39 is 0 Å². The molecule has 0 spiro atoms. The van der Waals surface area contributed by atoms with E-state index in [2.05, 4.69) is 144 Å². The highest BCUT2D eigenvalue weighted by Gasteiger charge is 2.32. The molecule has 0 aliphatic rings. The summed E-state index contributed by atoms with van der Waals surface area (Å²) < 4.78 is 18.0. The number of rotatable bonds is 7. The molecule has 0 saturated heterocycles. The summed E-state index contributed by atoms with van der Waals surface area (Å²) in [6, 6.07) is 11.9. The fraction of sp³-hybridized carbons (Fsp3) is 0.167. The third-order valence-electron chi connectivity index (χ3n) is 5.00. The Bertz CT molecular complexity index is 1180. The quantitative estimate of drug-likeness (QED) is 0.134. The maximum absolute atomic E-state index is 6.32. The molecular weight excluding hydrogens is 880 g/mol. The third kappa shape index (κ3) is 5.86. The molecule has 9 heteroatoms. The third-order valence-corrected chi connectivity index (χ3v) is 12.5. The Morgan fingerprint density at radius 2 is 1.33 bits per heavy atom. The Kier molecular flexibility index (Phi) is 9.83. The van der Waals surface area contributed by atoms with Gasteiger partial charge in [-0.1, -0.05) is 38.6 Å². The van der Waals surface area contributed by atoms with Gasteiger partial charge in [0, 0.05) is 23.3 Å². The molecule has 0 bridgehead atoms. The molecule has 0 fully saturated rings.